The predicted octanol–water partition coefficient (Wildman–Crippen LogP) is 8.04. The molecule has 0 saturated carbocycles. The zero-order valence-electron chi connectivity index (χ0n) is 36.5. The number of aromatic nitrogens is 4. The van der Waals surface area contributed by atoms with Crippen LogP contribution in [-0.2, 0) is 28.9 Å². The van der Waals surface area contributed by atoms with Gasteiger partial charge in [-0.3, -0.25) is 4.57 Å². The first kappa shape index (κ1) is 44.7. The third kappa shape index (κ3) is 8.69. The summed E-state index contributed by atoms with van der Waals surface area (Å²) in [5, 5.41) is 9.51. The Morgan fingerprint density at radius 1 is 0.968 bits per heavy atom. The maximum atomic E-state index is 9.51. The summed E-state index contributed by atoms with van der Waals surface area (Å²) in [6.45, 7) is 12.9. The first-order chi connectivity index (χ1) is 30.0. The lowest BCUT2D eigenvalue weighted by atomic mass is 9.79. The van der Waals surface area contributed by atoms with Gasteiger partial charge in [-0.05, 0) is 74.7 Å². The zero-order chi connectivity index (χ0) is 44.0. The Labute approximate surface area is 364 Å². The fourth-order valence-electron chi connectivity index (χ4n) is 8.13. The Kier molecular flexibility index (Phi) is 14.0. The molecule has 0 N–H and O–H groups in total. The monoisotopic (exact) mass is 862 g/mol. The summed E-state index contributed by atoms with van der Waals surface area (Å²) < 4.78 is 50.7. The highest BCUT2D eigenvalue weighted by atomic mass is 31.2. The van der Waals surface area contributed by atoms with Crippen molar-refractivity contribution >= 4 is 37.9 Å². The molecule has 5 aromatic rings. The second kappa shape index (κ2) is 19.4. The summed E-state index contributed by atoms with van der Waals surface area (Å²) in [7, 11) is 5.31. The molecular formula is C46H55N8O7P. The van der Waals surface area contributed by atoms with Crippen molar-refractivity contribution in [1.82, 2.24) is 29.1 Å². The minimum absolute atomic E-state index is 0.00571. The van der Waals surface area contributed by atoms with Crippen LogP contribution < -0.4 is 9.47 Å². The maximum Gasteiger partial charge on any atom is 0.259 e. The molecule has 0 aliphatic carbocycles. The van der Waals surface area contributed by atoms with E-state index >= 15 is 0 Å². The van der Waals surface area contributed by atoms with Gasteiger partial charge in [-0.25, -0.2) is 24.6 Å². The standard InChI is InChI=1S/C46H55N8O7P/c1-10-38-51-39-42(50-30-52(6)7)48-29-49-43(39)53(38)44-40-41(61-62(59-26-14-25-47)54(31(2)3)32(4)5)45(60-44,27-57-40)28-58-46(33-15-12-11-13-16-33,34-17-21-36(55-8)22-18-34)35-19-23-37(56-9)24-20-35/h10-13,15-24,29-32,40-41,44H,1,14,26-28H2,2-9H3/b50-30+/t40-,41+,44-,45-,62?/m1/s1. The molecule has 0 amide bonds. The van der Waals surface area contributed by atoms with Crippen molar-refractivity contribution in [3.8, 4) is 17.6 Å². The van der Waals surface area contributed by atoms with Crippen LogP contribution in [0.5, 0.6) is 11.5 Å². The highest BCUT2D eigenvalue weighted by Crippen LogP contribution is 2.57. The van der Waals surface area contributed by atoms with Crippen LogP contribution in [0.4, 0.5) is 5.82 Å². The molecule has 0 radical (unpaired) electrons. The highest BCUT2D eigenvalue weighted by molar-refractivity contribution is 7.44. The summed E-state index contributed by atoms with van der Waals surface area (Å²) in [5.41, 5.74) is 1.20. The number of aliphatic imine (C=N–C) groups is 1. The number of ether oxygens (including phenoxy) is 5. The van der Waals surface area contributed by atoms with Crippen molar-refractivity contribution in [2.24, 2.45) is 4.99 Å². The molecule has 7 rings (SSSR count). The van der Waals surface area contributed by atoms with E-state index in [1.54, 1.807) is 26.6 Å². The van der Waals surface area contributed by atoms with E-state index in [1.165, 1.54) is 6.33 Å². The molecule has 0 spiro atoms. The molecule has 2 aromatic heterocycles. The lowest BCUT2D eigenvalue weighted by molar-refractivity contribution is -0.202. The molecule has 2 aliphatic heterocycles. The van der Waals surface area contributed by atoms with E-state index in [0.29, 0.717) is 34.3 Å². The molecule has 1 unspecified atom stereocenters. The van der Waals surface area contributed by atoms with Gasteiger partial charge < -0.3 is 37.6 Å². The second-order valence-electron chi connectivity index (χ2n) is 15.8. The summed E-state index contributed by atoms with van der Waals surface area (Å²) >= 11 is 0. The summed E-state index contributed by atoms with van der Waals surface area (Å²) in [6, 6.07) is 28.2. The van der Waals surface area contributed by atoms with E-state index in [1.807, 2.05) is 90.3 Å². The summed E-state index contributed by atoms with van der Waals surface area (Å²) in [5.74, 6) is 2.31. The van der Waals surface area contributed by atoms with Crippen molar-refractivity contribution in [2.45, 2.75) is 75.8 Å². The molecule has 3 aromatic carbocycles. The van der Waals surface area contributed by atoms with Crippen molar-refractivity contribution < 1.29 is 32.7 Å². The van der Waals surface area contributed by atoms with E-state index in [0.717, 1.165) is 16.7 Å². The van der Waals surface area contributed by atoms with Gasteiger partial charge in [0, 0.05) is 26.2 Å². The number of nitriles is 1. The summed E-state index contributed by atoms with van der Waals surface area (Å²) in [4.78, 5) is 20.4. The molecule has 326 valence electrons. The minimum atomic E-state index is -1.75. The first-order valence-corrected chi connectivity index (χ1v) is 21.7. The zero-order valence-corrected chi connectivity index (χ0v) is 37.4. The number of methoxy groups -OCH3 is 2. The average molecular weight is 863 g/mol. The van der Waals surface area contributed by atoms with Gasteiger partial charge in [0.25, 0.3) is 8.53 Å². The van der Waals surface area contributed by atoms with Crippen LogP contribution >= 0.6 is 8.53 Å². The van der Waals surface area contributed by atoms with Crippen molar-refractivity contribution in [3.63, 3.8) is 0 Å². The number of hydrogen-bond acceptors (Lipinski definition) is 13. The molecule has 2 fully saturated rings. The van der Waals surface area contributed by atoms with Crippen LogP contribution in [0.25, 0.3) is 17.2 Å². The van der Waals surface area contributed by atoms with E-state index in [-0.39, 0.29) is 38.3 Å². The molecule has 4 heterocycles. The quantitative estimate of drug-likeness (QED) is 0.0244. The highest BCUT2D eigenvalue weighted by Gasteiger charge is 2.65. The fourth-order valence-corrected chi connectivity index (χ4v) is 9.94. The number of rotatable bonds is 20. The van der Waals surface area contributed by atoms with E-state index < -0.39 is 38.2 Å². The smallest absolute Gasteiger partial charge is 0.259 e. The minimum Gasteiger partial charge on any atom is -0.497 e. The largest absolute Gasteiger partial charge is 0.497 e. The third-order valence-corrected chi connectivity index (χ3v) is 13.0. The van der Waals surface area contributed by atoms with E-state index in [9.17, 15) is 5.26 Å². The normalized spacial score (nSPS) is 20.4. The van der Waals surface area contributed by atoms with Gasteiger partial charge >= 0.3 is 0 Å². The Balaban J connectivity index is 1.39. The molecule has 2 saturated heterocycles. The van der Waals surface area contributed by atoms with Crippen LogP contribution in [0.15, 0.2) is 96.8 Å². The number of nitrogens with zero attached hydrogens (tertiary/aromatic N) is 8. The van der Waals surface area contributed by atoms with Gasteiger partial charge in [0.1, 0.15) is 47.1 Å². The molecule has 2 bridgehead atoms. The Morgan fingerprint density at radius 3 is 2.16 bits per heavy atom. The first-order valence-electron chi connectivity index (χ1n) is 20.6. The molecular weight excluding hydrogens is 808 g/mol. The second-order valence-corrected chi connectivity index (χ2v) is 17.2. The molecule has 16 heteroatoms. The van der Waals surface area contributed by atoms with Gasteiger partial charge in [-0.2, -0.15) is 5.26 Å². The number of fused-ring (bicyclic) bond motifs is 3. The van der Waals surface area contributed by atoms with Gasteiger partial charge in [0.2, 0.25) is 0 Å². The molecule has 2 aliphatic rings. The molecule has 62 heavy (non-hydrogen) atoms. The van der Waals surface area contributed by atoms with Crippen molar-refractivity contribution in [1.29, 1.82) is 5.26 Å². The Bertz CT molecular complexity index is 2300. The molecule has 5 atom stereocenters. The van der Waals surface area contributed by atoms with E-state index in [2.05, 4.69) is 67.1 Å². The number of imidazole rings is 1. The van der Waals surface area contributed by atoms with Crippen LogP contribution in [0.2, 0.25) is 0 Å². The van der Waals surface area contributed by atoms with Crippen molar-refractivity contribution in [2.75, 3.05) is 48.1 Å². The van der Waals surface area contributed by atoms with Gasteiger partial charge in [-0.1, -0.05) is 61.2 Å². The average Bonchev–Trinajstić information content (AvgIpc) is 3.93. The lowest BCUT2D eigenvalue weighted by Gasteiger charge is -2.41. The van der Waals surface area contributed by atoms with Gasteiger partial charge in [0.05, 0.1) is 52.9 Å². The predicted molar refractivity (Wildman–Crippen MR) is 238 cm³/mol. The maximum absolute atomic E-state index is 9.51. The fraction of sp³-hybridized carbons (Fsp3) is 0.413. The molecule has 15 nitrogen and oxygen atoms in total. The summed E-state index contributed by atoms with van der Waals surface area (Å²) in [6.07, 6.45) is 2.76. The Hall–Kier alpha value is -5.30. The number of hydrogen-bond donors (Lipinski definition) is 0. The van der Waals surface area contributed by atoms with Crippen LogP contribution in [0.3, 0.4) is 0 Å². The topological polar surface area (TPSA) is 151 Å². The SMILES string of the molecule is C=Cc1nc2c(/N=C/N(C)C)ncnc2n1[C@@H]1O[C@@]2(COC(c3ccccc3)(c3ccc(OC)cc3)c3ccc(OC)cc3)CO[C@@H]1[C@@H]2OP(OCCC#N)N(C(C)C)C(C)C. The van der Waals surface area contributed by atoms with Crippen LogP contribution in [-0.4, -0.2) is 113 Å². The number of benzene rings is 3. The third-order valence-electron chi connectivity index (χ3n) is 10.9. The Morgan fingerprint density at radius 2 is 1.60 bits per heavy atom. The van der Waals surface area contributed by atoms with Gasteiger partial charge in [0.15, 0.2) is 23.2 Å². The van der Waals surface area contributed by atoms with E-state index in [4.69, 9.17) is 42.7 Å². The van der Waals surface area contributed by atoms with Crippen LogP contribution in [0, 0.1) is 11.3 Å². The van der Waals surface area contributed by atoms with Crippen molar-refractivity contribution in [3.05, 3.63) is 114 Å². The van der Waals surface area contributed by atoms with Crippen LogP contribution in [0.1, 0.15) is 62.9 Å². The lowest BCUT2D eigenvalue weighted by Crippen LogP contribution is -2.49. The van der Waals surface area contributed by atoms with Gasteiger partial charge in [-0.15, -0.1) is 0 Å².